The van der Waals surface area contributed by atoms with Gasteiger partial charge in [0.2, 0.25) is 0 Å². The number of nitrogens with zero attached hydrogens (tertiary/aromatic N) is 3. The topological polar surface area (TPSA) is 85.6 Å². The number of carbonyl (C=O) groups excluding carboxylic acids is 2. The van der Waals surface area contributed by atoms with Crippen molar-refractivity contribution in [1.82, 2.24) is 14.6 Å². The molecule has 0 saturated carbocycles. The Morgan fingerprint density at radius 1 is 0.938 bits per heavy atom. The molecule has 8 heteroatoms. The van der Waals surface area contributed by atoms with Crippen molar-refractivity contribution in [2.75, 3.05) is 5.32 Å². The predicted octanol–water partition coefficient (Wildman–Crippen LogP) is 4.93. The molecule has 0 aliphatic carbocycles. The SMILES string of the molecule is O=C(Nc1ccc(OC(=O)c2cnn3c(-c4ccccc4)ccnc23)cc1)c1cccs1. The molecule has 0 unspecified atom stereocenters. The van der Waals surface area contributed by atoms with Crippen LogP contribution in [0.2, 0.25) is 0 Å². The molecule has 32 heavy (non-hydrogen) atoms. The summed E-state index contributed by atoms with van der Waals surface area (Å²) in [4.78, 5) is 29.9. The van der Waals surface area contributed by atoms with Crippen LogP contribution in [0.15, 0.2) is 90.6 Å². The number of rotatable bonds is 5. The summed E-state index contributed by atoms with van der Waals surface area (Å²) in [6.45, 7) is 0. The van der Waals surface area contributed by atoms with Crippen molar-refractivity contribution >= 4 is 34.5 Å². The standard InChI is InChI=1S/C24H16N4O3S/c29-23(21-7-4-14-32-21)27-17-8-10-18(11-9-17)31-24(30)19-15-26-28-20(12-13-25-22(19)28)16-5-2-1-3-6-16/h1-15H,(H,27,29). The lowest BCUT2D eigenvalue weighted by Gasteiger charge is -2.07. The fraction of sp³-hybridized carbons (Fsp3) is 0. The molecule has 0 saturated heterocycles. The maximum atomic E-state index is 12.8. The summed E-state index contributed by atoms with van der Waals surface area (Å²) in [6, 6.07) is 21.8. The maximum Gasteiger partial charge on any atom is 0.349 e. The number of hydrogen-bond donors (Lipinski definition) is 1. The van der Waals surface area contributed by atoms with E-state index in [9.17, 15) is 9.59 Å². The third-order valence-electron chi connectivity index (χ3n) is 4.76. The van der Waals surface area contributed by atoms with Crippen LogP contribution >= 0.6 is 11.3 Å². The van der Waals surface area contributed by atoms with Gasteiger partial charge in [-0.05, 0) is 41.8 Å². The Balaban J connectivity index is 1.33. The molecular weight excluding hydrogens is 424 g/mol. The van der Waals surface area contributed by atoms with Gasteiger partial charge in [-0.3, -0.25) is 4.79 Å². The number of esters is 1. The van der Waals surface area contributed by atoms with Crippen LogP contribution in [-0.2, 0) is 0 Å². The summed E-state index contributed by atoms with van der Waals surface area (Å²) in [5.74, 6) is -0.396. The van der Waals surface area contributed by atoms with E-state index in [1.54, 1.807) is 41.0 Å². The van der Waals surface area contributed by atoms with E-state index >= 15 is 0 Å². The maximum absolute atomic E-state index is 12.8. The van der Waals surface area contributed by atoms with E-state index in [0.29, 0.717) is 22.0 Å². The highest BCUT2D eigenvalue weighted by atomic mass is 32.1. The van der Waals surface area contributed by atoms with Gasteiger partial charge in [0.25, 0.3) is 5.91 Å². The number of thiophene rings is 1. The summed E-state index contributed by atoms with van der Waals surface area (Å²) in [6.07, 6.45) is 3.09. The van der Waals surface area contributed by atoms with Crippen LogP contribution in [0.3, 0.4) is 0 Å². The van der Waals surface area contributed by atoms with E-state index < -0.39 is 5.97 Å². The molecule has 7 nitrogen and oxygen atoms in total. The summed E-state index contributed by atoms with van der Waals surface area (Å²) in [5, 5.41) is 8.98. The highest BCUT2D eigenvalue weighted by Gasteiger charge is 2.18. The molecule has 0 fully saturated rings. The molecule has 3 aromatic heterocycles. The highest BCUT2D eigenvalue weighted by molar-refractivity contribution is 7.12. The number of fused-ring (bicyclic) bond motifs is 1. The molecule has 0 bridgehead atoms. The second-order valence-corrected chi connectivity index (χ2v) is 7.78. The first-order valence-electron chi connectivity index (χ1n) is 9.74. The normalized spacial score (nSPS) is 10.8. The van der Waals surface area contributed by atoms with Gasteiger partial charge in [-0.15, -0.1) is 11.3 Å². The van der Waals surface area contributed by atoms with Gasteiger partial charge in [0.1, 0.15) is 11.3 Å². The molecule has 1 amide bonds. The molecule has 0 spiro atoms. The average molecular weight is 440 g/mol. The number of ether oxygens (including phenoxy) is 1. The van der Waals surface area contributed by atoms with Crippen molar-refractivity contribution < 1.29 is 14.3 Å². The van der Waals surface area contributed by atoms with Crippen molar-refractivity contribution in [2.24, 2.45) is 0 Å². The van der Waals surface area contributed by atoms with Crippen LogP contribution in [0.1, 0.15) is 20.0 Å². The Hall–Kier alpha value is -4.30. The second kappa shape index (κ2) is 8.44. The summed E-state index contributed by atoms with van der Waals surface area (Å²) in [7, 11) is 0. The lowest BCUT2D eigenvalue weighted by Crippen LogP contribution is -2.11. The minimum atomic E-state index is -0.562. The summed E-state index contributed by atoms with van der Waals surface area (Å²) >= 11 is 1.37. The summed E-state index contributed by atoms with van der Waals surface area (Å²) < 4.78 is 7.12. The average Bonchev–Trinajstić information content (AvgIpc) is 3.51. The number of anilines is 1. The van der Waals surface area contributed by atoms with Crippen molar-refractivity contribution in [3.05, 3.63) is 101 Å². The van der Waals surface area contributed by atoms with Gasteiger partial charge in [0.15, 0.2) is 5.65 Å². The van der Waals surface area contributed by atoms with E-state index in [0.717, 1.165) is 11.3 Å². The third kappa shape index (κ3) is 3.86. The van der Waals surface area contributed by atoms with Gasteiger partial charge >= 0.3 is 5.97 Å². The van der Waals surface area contributed by atoms with Crippen LogP contribution in [0, 0.1) is 0 Å². The number of hydrogen-bond acceptors (Lipinski definition) is 6. The molecule has 0 aliphatic rings. The van der Waals surface area contributed by atoms with Gasteiger partial charge in [0.05, 0.1) is 16.8 Å². The Morgan fingerprint density at radius 2 is 1.75 bits per heavy atom. The van der Waals surface area contributed by atoms with Gasteiger partial charge in [-0.1, -0.05) is 36.4 Å². The van der Waals surface area contributed by atoms with Crippen LogP contribution < -0.4 is 10.1 Å². The highest BCUT2D eigenvalue weighted by Crippen LogP contribution is 2.23. The lowest BCUT2D eigenvalue weighted by molar-refractivity contribution is 0.0736. The molecule has 0 radical (unpaired) electrons. The largest absolute Gasteiger partial charge is 0.423 e. The third-order valence-corrected chi connectivity index (χ3v) is 5.63. The van der Waals surface area contributed by atoms with E-state index in [1.165, 1.54) is 17.5 Å². The number of nitrogens with one attached hydrogen (secondary N) is 1. The summed E-state index contributed by atoms with van der Waals surface area (Å²) in [5.41, 5.74) is 3.06. The van der Waals surface area contributed by atoms with Gasteiger partial charge in [-0.25, -0.2) is 14.3 Å². The van der Waals surface area contributed by atoms with Crippen molar-refractivity contribution in [3.63, 3.8) is 0 Å². The molecule has 1 N–H and O–H groups in total. The minimum absolute atomic E-state index is 0.184. The molecule has 2 aromatic carbocycles. The number of benzene rings is 2. The molecule has 156 valence electrons. The first-order chi connectivity index (χ1) is 15.7. The van der Waals surface area contributed by atoms with Crippen molar-refractivity contribution in [3.8, 4) is 17.0 Å². The predicted molar refractivity (Wildman–Crippen MR) is 122 cm³/mol. The number of amides is 1. The zero-order valence-corrected chi connectivity index (χ0v) is 17.5. The smallest absolute Gasteiger partial charge is 0.349 e. The molecule has 5 aromatic rings. The molecule has 0 atom stereocenters. The van der Waals surface area contributed by atoms with Gasteiger partial charge in [0, 0.05) is 17.4 Å². The van der Waals surface area contributed by atoms with Crippen LogP contribution in [0.25, 0.3) is 16.9 Å². The zero-order chi connectivity index (χ0) is 21.9. The van der Waals surface area contributed by atoms with E-state index in [1.807, 2.05) is 47.8 Å². The van der Waals surface area contributed by atoms with Gasteiger partial charge < -0.3 is 10.1 Å². The zero-order valence-electron chi connectivity index (χ0n) is 16.6. The number of carbonyl (C=O) groups is 2. The fourth-order valence-corrected chi connectivity index (χ4v) is 3.85. The second-order valence-electron chi connectivity index (χ2n) is 6.84. The van der Waals surface area contributed by atoms with Crippen LogP contribution in [0.5, 0.6) is 5.75 Å². The van der Waals surface area contributed by atoms with Gasteiger partial charge in [-0.2, -0.15) is 5.10 Å². The Morgan fingerprint density at radius 3 is 2.50 bits per heavy atom. The van der Waals surface area contributed by atoms with E-state index in [2.05, 4.69) is 15.4 Å². The molecule has 0 aliphatic heterocycles. The monoisotopic (exact) mass is 440 g/mol. The molecule has 3 heterocycles. The first kappa shape index (κ1) is 19.7. The molecule has 5 rings (SSSR count). The van der Waals surface area contributed by atoms with Crippen molar-refractivity contribution in [1.29, 1.82) is 0 Å². The first-order valence-corrected chi connectivity index (χ1v) is 10.6. The van der Waals surface area contributed by atoms with E-state index in [4.69, 9.17) is 4.74 Å². The Labute approximate surface area is 186 Å². The quantitative estimate of drug-likeness (QED) is 0.309. The Bertz CT molecular complexity index is 1390. The molecular formula is C24H16N4O3S. The Kier molecular flexibility index (Phi) is 5.19. The fourth-order valence-electron chi connectivity index (χ4n) is 3.23. The number of aromatic nitrogens is 3. The van der Waals surface area contributed by atoms with Crippen molar-refractivity contribution in [2.45, 2.75) is 0 Å². The minimum Gasteiger partial charge on any atom is -0.423 e. The lowest BCUT2D eigenvalue weighted by atomic mass is 10.1. The van der Waals surface area contributed by atoms with E-state index in [-0.39, 0.29) is 11.5 Å². The van der Waals surface area contributed by atoms with Crippen LogP contribution in [0.4, 0.5) is 5.69 Å². The van der Waals surface area contributed by atoms with Crippen LogP contribution in [-0.4, -0.2) is 26.5 Å².